The zero-order valence-corrected chi connectivity index (χ0v) is 14.3. The molecule has 122 valence electrons. The van der Waals surface area contributed by atoms with Crippen LogP contribution in [0.1, 0.15) is 49.2 Å². The molecule has 0 atom stereocenters. The summed E-state index contributed by atoms with van der Waals surface area (Å²) in [6.45, 7) is 2.33. The largest absolute Gasteiger partial charge is 0.300 e. The second-order valence-corrected chi connectivity index (χ2v) is 8.28. The molecule has 2 aliphatic carbocycles. The van der Waals surface area contributed by atoms with Gasteiger partial charge in [0.15, 0.2) is 0 Å². The van der Waals surface area contributed by atoms with E-state index in [9.17, 15) is 4.79 Å². The molecular weight excluding hydrogens is 310 g/mol. The van der Waals surface area contributed by atoms with Crippen molar-refractivity contribution in [2.24, 2.45) is 18.4 Å². The van der Waals surface area contributed by atoms with Crippen LogP contribution in [-0.2, 0) is 18.3 Å². The van der Waals surface area contributed by atoms with Gasteiger partial charge in [-0.2, -0.15) is 5.10 Å². The first-order chi connectivity index (χ1) is 11.0. The molecule has 2 fully saturated rings. The van der Waals surface area contributed by atoms with E-state index in [1.54, 1.807) is 4.68 Å². The third-order valence-corrected chi connectivity index (χ3v) is 6.07. The molecule has 23 heavy (non-hydrogen) atoms. The Kier molecular flexibility index (Phi) is 3.48. The quantitative estimate of drug-likeness (QED) is 0.935. The van der Waals surface area contributed by atoms with Gasteiger partial charge in [0.25, 0.3) is 0 Å². The van der Waals surface area contributed by atoms with Crippen LogP contribution < -0.4 is 5.32 Å². The number of rotatable bonds is 4. The van der Waals surface area contributed by atoms with Crippen molar-refractivity contribution in [1.29, 1.82) is 0 Å². The third kappa shape index (κ3) is 2.89. The maximum absolute atomic E-state index is 12.0. The van der Waals surface area contributed by atoms with E-state index < -0.39 is 0 Å². The fourth-order valence-corrected chi connectivity index (χ4v) is 5.11. The van der Waals surface area contributed by atoms with Crippen molar-refractivity contribution in [2.75, 3.05) is 5.32 Å². The summed E-state index contributed by atoms with van der Waals surface area (Å²) in [6, 6.07) is 1.85. The molecule has 4 rings (SSSR count). The van der Waals surface area contributed by atoms with Crippen LogP contribution in [0.2, 0.25) is 0 Å². The highest BCUT2D eigenvalue weighted by molar-refractivity contribution is 7.15. The Morgan fingerprint density at radius 1 is 1.39 bits per heavy atom. The molecule has 2 aliphatic rings. The fraction of sp³-hybridized carbons (Fsp3) is 0.625. The van der Waals surface area contributed by atoms with Gasteiger partial charge >= 0.3 is 0 Å². The van der Waals surface area contributed by atoms with Crippen LogP contribution in [0.15, 0.2) is 12.3 Å². The van der Waals surface area contributed by atoms with Crippen molar-refractivity contribution >= 4 is 22.4 Å². The number of amides is 1. The summed E-state index contributed by atoms with van der Waals surface area (Å²) >= 11 is 1.52. The molecule has 1 spiro atoms. The van der Waals surface area contributed by atoms with E-state index >= 15 is 0 Å². The summed E-state index contributed by atoms with van der Waals surface area (Å²) in [5.41, 5.74) is 1.37. The van der Waals surface area contributed by atoms with Crippen LogP contribution in [0.25, 0.3) is 0 Å². The molecule has 0 aromatic carbocycles. The van der Waals surface area contributed by atoms with Gasteiger partial charge in [0, 0.05) is 19.2 Å². The fourth-order valence-electron chi connectivity index (χ4n) is 4.25. The molecule has 1 amide bonds. The number of hydrogen-bond donors (Lipinski definition) is 1. The minimum absolute atomic E-state index is 0.0932. The molecule has 2 aromatic rings. The van der Waals surface area contributed by atoms with Gasteiger partial charge in [0.2, 0.25) is 11.0 Å². The van der Waals surface area contributed by atoms with Gasteiger partial charge in [-0.15, -0.1) is 10.2 Å². The van der Waals surface area contributed by atoms with Crippen molar-refractivity contribution in [1.82, 2.24) is 20.0 Å². The van der Waals surface area contributed by atoms with Crippen molar-refractivity contribution in [2.45, 2.75) is 44.9 Å². The second kappa shape index (κ2) is 5.40. The predicted octanol–water partition coefficient (Wildman–Crippen LogP) is 2.75. The van der Waals surface area contributed by atoms with Gasteiger partial charge < -0.3 is 5.32 Å². The normalized spacial score (nSPS) is 29.1. The van der Waals surface area contributed by atoms with Crippen LogP contribution in [-0.4, -0.2) is 25.9 Å². The van der Waals surface area contributed by atoms with Gasteiger partial charge in [0.1, 0.15) is 5.01 Å². The first-order valence-electron chi connectivity index (χ1n) is 8.13. The highest BCUT2D eigenvalue weighted by atomic mass is 32.1. The van der Waals surface area contributed by atoms with Crippen molar-refractivity contribution < 1.29 is 4.79 Å². The number of carbonyl (C=O) groups is 1. The minimum atomic E-state index is -0.0932. The Balaban J connectivity index is 1.31. The standard InChI is InChI=1S/C16H21N5OS/c1-10-6-16(7-10)8-11(9-16)14-18-19-15(23-14)17-13(22)5-12-3-4-21(2)20-12/h3-4,10-11H,5-9H2,1-2H3,(H,17,19,22)/t10-,11-,16?. The summed E-state index contributed by atoms with van der Waals surface area (Å²) in [5, 5.41) is 17.1. The first-order valence-corrected chi connectivity index (χ1v) is 8.95. The van der Waals surface area contributed by atoms with E-state index in [1.807, 2.05) is 19.3 Å². The van der Waals surface area contributed by atoms with E-state index in [0.717, 1.165) is 16.6 Å². The van der Waals surface area contributed by atoms with Gasteiger partial charge in [-0.1, -0.05) is 18.3 Å². The van der Waals surface area contributed by atoms with Crippen LogP contribution in [0.5, 0.6) is 0 Å². The molecule has 0 aliphatic heterocycles. The zero-order chi connectivity index (χ0) is 16.0. The lowest BCUT2D eigenvalue weighted by Crippen LogP contribution is -2.45. The number of hydrogen-bond acceptors (Lipinski definition) is 5. The van der Waals surface area contributed by atoms with Crippen LogP contribution in [0, 0.1) is 11.3 Å². The van der Waals surface area contributed by atoms with Crippen molar-refractivity contribution in [3.63, 3.8) is 0 Å². The summed E-state index contributed by atoms with van der Waals surface area (Å²) in [4.78, 5) is 12.0. The first kappa shape index (κ1) is 14.8. The topological polar surface area (TPSA) is 72.7 Å². The van der Waals surface area contributed by atoms with E-state index in [1.165, 1.54) is 37.0 Å². The molecular formula is C16H21N5OS. The van der Waals surface area contributed by atoms with E-state index in [-0.39, 0.29) is 12.3 Å². The lowest BCUT2D eigenvalue weighted by molar-refractivity contribution is -0.115. The van der Waals surface area contributed by atoms with E-state index in [2.05, 4.69) is 27.5 Å². The van der Waals surface area contributed by atoms with Crippen LogP contribution >= 0.6 is 11.3 Å². The second-order valence-electron chi connectivity index (χ2n) is 7.27. The summed E-state index contributed by atoms with van der Waals surface area (Å²) in [6.07, 6.45) is 7.33. The Labute approximate surface area is 139 Å². The summed E-state index contributed by atoms with van der Waals surface area (Å²) in [7, 11) is 1.84. The lowest BCUT2D eigenvalue weighted by Gasteiger charge is -2.56. The molecule has 6 nitrogen and oxygen atoms in total. The van der Waals surface area contributed by atoms with Crippen molar-refractivity contribution in [3.8, 4) is 0 Å². The highest BCUT2D eigenvalue weighted by Gasteiger charge is 2.52. The number of aryl methyl sites for hydroxylation is 1. The third-order valence-electron chi connectivity index (χ3n) is 5.07. The molecule has 1 N–H and O–H groups in total. The number of aromatic nitrogens is 4. The molecule has 0 saturated heterocycles. The SMILES string of the molecule is Cn1ccc(CC(=O)Nc2nnc([C@H]3CC4(C[C@@H](C)C4)C3)s2)n1. The molecule has 0 bridgehead atoms. The highest BCUT2D eigenvalue weighted by Crippen LogP contribution is 2.64. The number of anilines is 1. The lowest BCUT2D eigenvalue weighted by atomic mass is 9.49. The summed E-state index contributed by atoms with van der Waals surface area (Å²) < 4.78 is 1.69. The molecule has 2 heterocycles. The minimum Gasteiger partial charge on any atom is -0.300 e. The number of nitrogens with zero attached hydrogens (tertiary/aromatic N) is 4. The van der Waals surface area contributed by atoms with Gasteiger partial charge in [0.05, 0.1) is 12.1 Å². The van der Waals surface area contributed by atoms with E-state index in [4.69, 9.17) is 0 Å². The van der Waals surface area contributed by atoms with Crippen LogP contribution in [0.3, 0.4) is 0 Å². The molecule has 7 heteroatoms. The van der Waals surface area contributed by atoms with Crippen LogP contribution in [0.4, 0.5) is 5.13 Å². The number of nitrogens with one attached hydrogen (secondary N) is 1. The smallest absolute Gasteiger partial charge is 0.232 e. The summed E-state index contributed by atoms with van der Waals surface area (Å²) in [5.74, 6) is 1.34. The Bertz CT molecular complexity index is 722. The van der Waals surface area contributed by atoms with Crippen molar-refractivity contribution in [3.05, 3.63) is 23.0 Å². The zero-order valence-electron chi connectivity index (χ0n) is 13.5. The Morgan fingerprint density at radius 2 is 2.17 bits per heavy atom. The average molecular weight is 331 g/mol. The molecule has 0 unspecified atom stereocenters. The molecule has 0 radical (unpaired) electrons. The van der Waals surface area contributed by atoms with Gasteiger partial charge in [-0.25, -0.2) is 0 Å². The van der Waals surface area contributed by atoms with E-state index in [0.29, 0.717) is 16.5 Å². The predicted molar refractivity (Wildman–Crippen MR) is 88.3 cm³/mol. The molecule has 2 saturated carbocycles. The number of carbonyl (C=O) groups excluding carboxylic acids is 1. The maximum atomic E-state index is 12.0. The van der Waals surface area contributed by atoms with Gasteiger partial charge in [-0.05, 0) is 43.1 Å². The Hall–Kier alpha value is -1.76. The molecule has 2 aromatic heterocycles. The van der Waals surface area contributed by atoms with Gasteiger partial charge in [-0.3, -0.25) is 9.48 Å². The average Bonchev–Trinajstić information content (AvgIpc) is 3.01. The Morgan fingerprint density at radius 3 is 2.83 bits per heavy atom. The maximum Gasteiger partial charge on any atom is 0.232 e. The monoisotopic (exact) mass is 331 g/mol.